The zero-order valence-corrected chi connectivity index (χ0v) is 11.9. The van der Waals surface area contributed by atoms with E-state index in [0.717, 1.165) is 9.87 Å². The highest BCUT2D eigenvalue weighted by Gasteiger charge is 2.23. The summed E-state index contributed by atoms with van der Waals surface area (Å²) in [7, 11) is -2.23. The van der Waals surface area contributed by atoms with E-state index in [1.807, 2.05) is 0 Å². The lowest BCUT2D eigenvalue weighted by Gasteiger charge is -2.19. The first kappa shape index (κ1) is 15.6. The Hall–Kier alpha value is -1.47. The van der Waals surface area contributed by atoms with Crippen molar-refractivity contribution in [2.45, 2.75) is 13.3 Å². The monoisotopic (exact) mass is 286 g/mol. The predicted octanol–water partition coefficient (Wildman–Crippen LogP) is 0.449. The topological polar surface area (TPSA) is 76.6 Å². The van der Waals surface area contributed by atoms with Gasteiger partial charge in [0, 0.05) is 18.9 Å². The fourth-order valence-corrected chi connectivity index (χ4v) is 2.99. The number of likely N-dealkylation sites (N-methyl/N-ethyl adjacent to an activating group) is 1. The highest BCUT2D eigenvalue weighted by Crippen LogP contribution is 2.06. The van der Waals surface area contributed by atoms with Gasteiger partial charge in [0.05, 0.1) is 12.9 Å². The molecule has 0 aliphatic rings. The van der Waals surface area contributed by atoms with Crippen LogP contribution in [-0.2, 0) is 26.0 Å². The number of methoxy groups -OCH3 is 1. The van der Waals surface area contributed by atoms with Crippen LogP contribution in [0.3, 0.4) is 0 Å². The molecule has 7 heteroatoms. The van der Waals surface area contributed by atoms with Crippen molar-refractivity contribution in [2.75, 3.05) is 26.0 Å². The summed E-state index contributed by atoms with van der Waals surface area (Å²) in [4.78, 5) is 15.0. The summed E-state index contributed by atoms with van der Waals surface area (Å²) in [5, 5.41) is 0. The van der Waals surface area contributed by atoms with E-state index in [1.54, 1.807) is 31.5 Å². The van der Waals surface area contributed by atoms with Gasteiger partial charge in [0.15, 0.2) is 0 Å². The Morgan fingerprint density at radius 3 is 2.53 bits per heavy atom. The van der Waals surface area contributed by atoms with E-state index in [1.165, 1.54) is 7.11 Å². The largest absolute Gasteiger partial charge is 0.468 e. The number of rotatable bonds is 7. The SMILES string of the molecule is CCN(CC(=O)OC)S(=O)(=O)CCc1ccncc1. The van der Waals surface area contributed by atoms with Gasteiger partial charge in [-0.3, -0.25) is 9.78 Å². The highest BCUT2D eigenvalue weighted by molar-refractivity contribution is 7.89. The number of hydrogen-bond donors (Lipinski definition) is 0. The summed E-state index contributed by atoms with van der Waals surface area (Å²) in [6, 6.07) is 3.54. The summed E-state index contributed by atoms with van der Waals surface area (Å²) >= 11 is 0. The van der Waals surface area contributed by atoms with Crippen LogP contribution in [0.15, 0.2) is 24.5 Å². The number of sulfonamides is 1. The van der Waals surface area contributed by atoms with E-state index in [0.29, 0.717) is 6.42 Å². The number of aromatic nitrogens is 1. The molecule has 0 atom stereocenters. The van der Waals surface area contributed by atoms with Crippen LogP contribution in [0.5, 0.6) is 0 Å². The van der Waals surface area contributed by atoms with E-state index in [2.05, 4.69) is 9.72 Å². The van der Waals surface area contributed by atoms with Crippen molar-refractivity contribution in [3.63, 3.8) is 0 Å². The van der Waals surface area contributed by atoms with Crippen molar-refractivity contribution in [3.05, 3.63) is 30.1 Å². The number of pyridine rings is 1. The van der Waals surface area contributed by atoms with E-state index in [9.17, 15) is 13.2 Å². The standard InChI is InChI=1S/C12H18N2O4S/c1-3-14(10-12(15)18-2)19(16,17)9-6-11-4-7-13-8-5-11/h4-5,7-8H,3,6,9-10H2,1-2H3. The van der Waals surface area contributed by atoms with Gasteiger partial charge in [-0.2, -0.15) is 4.31 Å². The highest BCUT2D eigenvalue weighted by atomic mass is 32.2. The minimum absolute atomic E-state index is 0.0398. The number of hydrogen-bond acceptors (Lipinski definition) is 5. The quantitative estimate of drug-likeness (QED) is 0.680. The Morgan fingerprint density at radius 2 is 2.00 bits per heavy atom. The first-order valence-corrected chi connectivity index (χ1v) is 7.54. The van der Waals surface area contributed by atoms with Crippen LogP contribution in [0.1, 0.15) is 12.5 Å². The molecule has 19 heavy (non-hydrogen) atoms. The minimum Gasteiger partial charge on any atom is -0.468 e. The third-order valence-corrected chi connectivity index (χ3v) is 4.57. The van der Waals surface area contributed by atoms with Crippen molar-refractivity contribution in [2.24, 2.45) is 0 Å². The molecule has 0 radical (unpaired) electrons. The van der Waals surface area contributed by atoms with E-state index >= 15 is 0 Å². The lowest BCUT2D eigenvalue weighted by Crippen LogP contribution is -2.37. The number of esters is 1. The third kappa shape index (κ3) is 4.96. The summed E-state index contributed by atoms with van der Waals surface area (Å²) in [5.41, 5.74) is 0.896. The molecule has 0 spiro atoms. The zero-order chi connectivity index (χ0) is 14.3. The van der Waals surface area contributed by atoms with Gasteiger partial charge in [0.2, 0.25) is 10.0 Å². The van der Waals surface area contributed by atoms with Crippen molar-refractivity contribution in [3.8, 4) is 0 Å². The minimum atomic E-state index is -3.46. The smallest absolute Gasteiger partial charge is 0.321 e. The molecule has 6 nitrogen and oxygen atoms in total. The van der Waals surface area contributed by atoms with Crippen LogP contribution in [-0.4, -0.2) is 49.6 Å². The van der Waals surface area contributed by atoms with E-state index in [4.69, 9.17) is 0 Å². The van der Waals surface area contributed by atoms with Crippen molar-refractivity contribution in [1.82, 2.24) is 9.29 Å². The maximum atomic E-state index is 12.1. The Morgan fingerprint density at radius 1 is 1.37 bits per heavy atom. The molecule has 0 amide bonds. The normalized spacial score (nSPS) is 11.5. The number of nitrogens with zero attached hydrogens (tertiary/aromatic N) is 2. The molecule has 0 aliphatic carbocycles. The molecule has 1 aromatic heterocycles. The van der Waals surface area contributed by atoms with Gasteiger partial charge in [-0.15, -0.1) is 0 Å². The second-order valence-corrected chi connectivity index (χ2v) is 6.01. The summed E-state index contributed by atoms with van der Waals surface area (Å²) in [6.45, 7) is 1.69. The molecular weight excluding hydrogens is 268 g/mol. The van der Waals surface area contributed by atoms with Gasteiger partial charge < -0.3 is 4.74 Å². The zero-order valence-electron chi connectivity index (χ0n) is 11.1. The average Bonchev–Trinajstić information content (AvgIpc) is 2.43. The van der Waals surface area contributed by atoms with Gasteiger partial charge in [0.25, 0.3) is 0 Å². The Bertz CT molecular complexity index is 502. The van der Waals surface area contributed by atoms with E-state index < -0.39 is 16.0 Å². The lowest BCUT2D eigenvalue weighted by molar-refractivity contribution is -0.140. The maximum absolute atomic E-state index is 12.1. The van der Waals surface area contributed by atoms with Crippen molar-refractivity contribution >= 4 is 16.0 Å². The number of carbonyl (C=O) groups excluding carboxylic acids is 1. The van der Waals surface area contributed by atoms with Crippen LogP contribution in [0.2, 0.25) is 0 Å². The molecule has 0 saturated carbocycles. The summed E-state index contributed by atoms with van der Waals surface area (Å²) < 4.78 is 29.8. The van der Waals surface area contributed by atoms with Crippen LogP contribution in [0.25, 0.3) is 0 Å². The van der Waals surface area contributed by atoms with Gasteiger partial charge in [0.1, 0.15) is 6.54 Å². The molecule has 0 bridgehead atoms. The molecule has 0 fully saturated rings. The molecule has 0 aromatic carbocycles. The fraction of sp³-hybridized carbons (Fsp3) is 0.500. The Kier molecular flexibility index (Phi) is 5.91. The van der Waals surface area contributed by atoms with Gasteiger partial charge in [-0.1, -0.05) is 6.92 Å². The molecule has 0 N–H and O–H groups in total. The molecule has 0 saturated heterocycles. The first-order valence-electron chi connectivity index (χ1n) is 5.93. The number of aryl methyl sites for hydroxylation is 1. The third-order valence-electron chi connectivity index (χ3n) is 2.68. The van der Waals surface area contributed by atoms with Gasteiger partial charge >= 0.3 is 5.97 Å². The summed E-state index contributed by atoms with van der Waals surface area (Å²) in [5.74, 6) is -0.601. The van der Waals surface area contributed by atoms with Crippen molar-refractivity contribution in [1.29, 1.82) is 0 Å². The second-order valence-electron chi connectivity index (χ2n) is 3.92. The molecule has 106 valence electrons. The first-order chi connectivity index (χ1) is 8.99. The lowest BCUT2D eigenvalue weighted by atomic mass is 10.2. The van der Waals surface area contributed by atoms with Crippen LogP contribution < -0.4 is 0 Å². The average molecular weight is 286 g/mol. The molecular formula is C12H18N2O4S. The molecule has 1 rings (SSSR count). The molecule has 1 heterocycles. The van der Waals surface area contributed by atoms with Crippen LogP contribution >= 0.6 is 0 Å². The van der Waals surface area contributed by atoms with E-state index in [-0.39, 0.29) is 18.8 Å². The Labute approximate surface area is 113 Å². The van der Waals surface area contributed by atoms with Crippen molar-refractivity contribution < 1.29 is 17.9 Å². The maximum Gasteiger partial charge on any atom is 0.321 e. The van der Waals surface area contributed by atoms with Gasteiger partial charge in [-0.25, -0.2) is 8.42 Å². The number of carbonyl (C=O) groups is 1. The predicted molar refractivity (Wildman–Crippen MR) is 71.0 cm³/mol. The second kappa shape index (κ2) is 7.20. The van der Waals surface area contributed by atoms with Crippen LogP contribution in [0.4, 0.5) is 0 Å². The molecule has 0 unspecified atom stereocenters. The Balaban J connectivity index is 2.65. The number of ether oxygens (including phenoxy) is 1. The molecule has 0 aliphatic heterocycles. The fourth-order valence-electron chi connectivity index (χ4n) is 1.54. The summed E-state index contributed by atoms with van der Waals surface area (Å²) in [6.07, 6.45) is 3.63. The molecule has 1 aromatic rings. The van der Waals surface area contributed by atoms with Crippen LogP contribution in [0, 0.1) is 0 Å². The van der Waals surface area contributed by atoms with Gasteiger partial charge in [-0.05, 0) is 24.1 Å².